The van der Waals surface area contributed by atoms with Gasteiger partial charge in [-0.05, 0) is 43.2 Å². The van der Waals surface area contributed by atoms with Crippen molar-refractivity contribution in [1.82, 2.24) is 5.32 Å². The van der Waals surface area contributed by atoms with Gasteiger partial charge in [-0.1, -0.05) is 6.07 Å². The Labute approximate surface area is 183 Å². The van der Waals surface area contributed by atoms with E-state index in [1.165, 1.54) is 0 Å². The zero-order chi connectivity index (χ0) is 22.2. The van der Waals surface area contributed by atoms with Gasteiger partial charge in [0.25, 0.3) is 5.91 Å². The molecule has 1 fully saturated rings. The van der Waals surface area contributed by atoms with Gasteiger partial charge in [-0.15, -0.1) is 0 Å². The molecule has 1 aliphatic heterocycles. The van der Waals surface area contributed by atoms with Crippen molar-refractivity contribution < 1.29 is 19.0 Å². The number of carbonyl (C=O) groups excluding carboxylic acids is 1. The summed E-state index contributed by atoms with van der Waals surface area (Å²) in [6.45, 7) is 1.22. The Balaban J connectivity index is 1.80. The zero-order valence-corrected chi connectivity index (χ0v) is 18.5. The maximum atomic E-state index is 12.9. The molecule has 1 amide bonds. The highest BCUT2D eigenvalue weighted by Crippen LogP contribution is 2.29. The van der Waals surface area contributed by atoms with Gasteiger partial charge >= 0.3 is 0 Å². The lowest BCUT2D eigenvalue weighted by atomic mass is 10.2. The van der Waals surface area contributed by atoms with Crippen LogP contribution in [-0.2, 0) is 4.74 Å². The fourth-order valence-corrected chi connectivity index (χ4v) is 3.25. The quantitative estimate of drug-likeness (QED) is 0.523. The van der Waals surface area contributed by atoms with E-state index in [1.54, 1.807) is 32.4 Å². The van der Waals surface area contributed by atoms with Crippen LogP contribution < -0.4 is 25.0 Å². The Morgan fingerprint density at radius 1 is 1.16 bits per heavy atom. The summed E-state index contributed by atoms with van der Waals surface area (Å²) in [7, 11) is 7.03. The van der Waals surface area contributed by atoms with Crippen molar-refractivity contribution in [2.45, 2.75) is 18.9 Å². The van der Waals surface area contributed by atoms with E-state index in [1.807, 2.05) is 43.3 Å². The van der Waals surface area contributed by atoms with Crippen molar-refractivity contribution >= 4 is 23.2 Å². The van der Waals surface area contributed by atoms with Crippen molar-refractivity contribution in [1.29, 1.82) is 0 Å². The highest BCUT2D eigenvalue weighted by Gasteiger charge is 2.17. The molecule has 0 spiro atoms. The number of methoxy groups -OCH3 is 2. The summed E-state index contributed by atoms with van der Waals surface area (Å²) in [5.41, 5.74) is 2.20. The first kappa shape index (κ1) is 22.4. The number of amides is 1. The van der Waals surface area contributed by atoms with Gasteiger partial charge in [-0.25, -0.2) is 4.99 Å². The first-order valence-electron chi connectivity index (χ1n) is 10.2. The molecule has 2 aromatic rings. The average Bonchev–Trinajstić information content (AvgIpc) is 3.31. The zero-order valence-electron chi connectivity index (χ0n) is 18.5. The Kier molecular flexibility index (Phi) is 7.72. The van der Waals surface area contributed by atoms with Gasteiger partial charge in [-0.3, -0.25) is 10.1 Å². The summed E-state index contributed by atoms with van der Waals surface area (Å²) < 4.78 is 16.3. The van der Waals surface area contributed by atoms with Crippen molar-refractivity contribution in [2.75, 3.05) is 51.7 Å². The molecular weight excluding hydrogens is 396 g/mol. The number of guanidine groups is 1. The minimum atomic E-state index is -0.247. The minimum Gasteiger partial charge on any atom is -0.493 e. The van der Waals surface area contributed by atoms with Crippen LogP contribution in [0.4, 0.5) is 11.4 Å². The molecule has 1 atom stereocenters. The van der Waals surface area contributed by atoms with Crippen LogP contribution in [-0.4, -0.2) is 59.4 Å². The first-order chi connectivity index (χ1) is 15.0. The molecule has 2 N–H and O–H groups in total. The monoisotopic (exact) mass is 426 g/mol. The smallest absolute Gasteiger partial charge is 0.258 e. The molecule has 166 valence electrons. The van der Waals surface area contributed by atoms with E-state index in [0.29, 0.717) is 35.3 Å². The summed E-state index contributed by atoms with van der Waals surface area (Å²) in [5, 5.41) is 6.08. The van der Waals surface area contributed by atoms with Gasteiger partial charge in [-0.2, -0.15) is 0 Å². The number of ether oxygens (including phenoxy) is 3. The molecule has 1 aliphatic rings. The Bertz CT molecular complexity index is 924. The SMILES string of the molecule is COc1ccc(NC(=NC[C@@H]2CCCO2)NC(=O)c2cccc(N(C)C)c2)cc1OC. The predicted octanol–water partition coefficient (Wildman–Crippen LogP) is 3.15. The van der Waals surface area contributed by atoms with Crippen LogP contribution in [0.1, 0.15) is 23.2 Å². The molecular formula is C23H30N4O4. The van der Waals surface area contributed by atoms with E-state index >= 15 is 0 Å². The highest BCUT2D eigenvalue weighted by atomic mass is 16.5. The second kappa shape index (κ2) is 10.7. The summed E-state index contributed by atoms with van der Waals surface area (Å²) >= 11 is 0. The maximum absolute atomic E-state index is 12.9. The van der Waals surface area contributed by atoms with Gasteiger partial charge in [0.1, 0.15) is 0 Å². The second-order valence-corrected chi connectivity index (χ2v) is 7.42. The number of nitrogens with one attached hydrogen (secondary N) is 2. The average molecular weight is 427 g/mol. The lowest BCUT2D eigenvalue weighted by molar-refractivity contribution is 0.0975. The van der Waals surface area contributed by atoms with Crippen molar-refractivity contribution in [2.24, 2.45) is 4.99 Å². The lowest BCUT2D eigenvalue weighted by Crippen LogP contribution is -2.36. The predicted molar refractivity (Wildman–Crippen MR) is 123 cm³/mol. The van der Waals surface area contributed by atoms with Crippen molar-refractivity contribution in [3.05, 3.63) is 48.0 Å². The number of aliphatic imine (C=N–C) groups is 1. The van der Waals surface area contributed by atoms with Gasteiger partial charge in [0, 0.05) is 43.7 Å². The van der Waals surface area contributed by atoms with Crippen LogP contribution in [0.3, 0.4) is 0 Å². The number of hydrogen-bond donors (Lipinski definition) is 2. The Morgan fingerprint density at radius 3 is 2.65 bits per heavy atom. The number of carbonyl (C=O) groups is 1. The van der Waals surface area contributed by atoms with Crippen LogP contribution >= 0.6 is 0 Å². The van der Waals surface area contributed by atoms with Crippen LogP contribution in [0.5, 0.6) is 11.5 Å². The number of hydrogen-bond acceptors (Lipinski definition) is 6. The van der Waals surface area contributed by atoms with Crippen LogP contribution in [0.25, 0.3) is 0 Å². The van der Waals surface area contributed by atoms with Crippen LogP contribution in [0.15, 0.2) is 47.5 Å². The Morgan fingerprint density at radius 2 is 1.97 bits per heavy atom. The molecule has 1 heterocycles. The molecule has 0 aliphatic carbocycles. The molecule has 0 aromatic heterocycles. The summed E-state index contributed by atoms with van der Waals surface area (Å²) in [6.07, 6.45) is 2.06. The second-order valence-electron chi connectivity index (χ2n) is 7.42. The third kappa shape index (κ3) is 6.11. The number of benzene rings is 2. The van der Waals surface area contributed by atoms with E-state index in [4.69, 9.17) is 14.2 Å². The van der Waals surface area contributed by atoms with Gasteiger partial charge in [0.2, 0.25) is 5.96 Å². The number of anilines is 2. The standard InChI is InChI=1S/C23H30N4O4/c1-27(2)18-8-5-7-16(13-18)22(28)26-23(24-15-19-9-6-12-31-19)25-17-10-11-20(29-3)21(14-17)30-4/h5,7-8,10-11,13-14,19H,6,9,12,15H2,1-4H3,(H2,24,25,26,28)/t19-/m0/s1. The lowest BCUT2D eigenvalue weighted by Gasteiger charge is -2.16. The molecule has 2 aromatic carbocycles. The number of nitrogens with zero attached hydrogens (tertiary/aromatic N) is 2. The minimum absolute atomic E-state index is 0.0659. The van der Waals surface area contributed by atoms with Crippen molar-refractivity contribution in [3.8, 4) is 11.5 Å². The fraction of sp³-hybridized carbons (Fsp3) is 0.391. The van der Waals surface area contributed by atoms with Crippen molar-refractivity contribution in [3.63, 3.8) is 0 Å². The van der Waals surface area contributed by atoms with Gasteiger partial charge < -0.3 is 24.4 Å². The fourth-order valence-electron chi connectivity index (χ4n) is 3.25. The largest absolute Gasteiger partial charge is 0.493 e. The number of rotatable bonds is 7. The molecule has 31 heavy (non-hydrogen) atoms. The van der Waals surface area contributed by atoms with Crippen LogP contribution in [0.2, 0.25) is 0 Å². The highest BCUT2D eigenvalue weighted by molar-refractivity contribution is 6.10. The molecule has 0 saturated carbocycles. The Hall–Kier alpha value is -3.26. The normalized spacial score (nSPS) is 16.0. The molecule has 0 radical (unpaired) electrons. The molecule has 8 nitrogen and oxygen atoms in total. The maximum Gasteiger partial charge on any atom is 0.258 e. The molecule has 0 unspecified atom stereocenters. The van der Waals surface area contributed by atoms with Gasteiger partial charge in [0.05, 0.1) is 26.9 Å². The summed E-state index contributed by atoms with van der Waals surface area (Å²) in [6, 6.07) is 12.8. The van der Waals surface area contributed by atoms with Crippen LogP contribution in [0, 0.1) is 0 Å². The summed E-state index contributed by atoms with van der Waals surface area (Å²) in [5.74, 6) is 1.30. The van der Waals surface area contributed by atoms with E-state index in [0.717, 1.165) is 25.1 Å². The topological polar surface area (TPSA) is 84.4 Å². The summed E-state index contributed by atoms with van der Waals surface area (Å²) in [4.78, 5) is 19.5. The van der Waals surface area contributed by atoms with E-state index in [9.17, 15) is 4.79 Å². The van der Waals surface area contributed by atoms with E-state index in [2.05, 4.69) is 15.6 Å². The van der Waals surface area contributed by atoms with E-state index in [-0.39, 0.29) is 12.0 Å². The first-order valence-corrected chi connectivity index (χ1v) is 10.2. The molecule has 0 bridgehead atoms. The third-order valence-electron chi connectivity index (χ3n) is 4.98. The molecule has 3 rings (SSSR count). The van der Waals surface area contributed by atoms with E-state index < -0.39 is 0 Å². The van der Waals surface area contributed by atoms with Gasteiger partial charge in [0.15, 0.2) is 11.5 Å². The third-order valence-corrected chi connectivity index (χ3v) is 4.98. The molecule has 8 heteroatoms. The molecule has 1 saturated heterocycles.